The van der Waals surface area contributed by atoms with E-state index >= 15 is 0 Å². The van der Waals surface area contributed by atoms with Gasteiger partial charge in [-0.1, -0.05) is 38.3 Å². The number of hydrogen-bond acceptors (Lipinski definition) is 1. The fraction of sp³-hybridized carbons (Fsp3) is 0.812. The average molecular weight is 249 g/mol. The van der Waals surface area contributed by atoms with Crippen molar-refractivity contribution < 1.29 is 4.79 Å². The van der Waals surface area contributed by atoms with Crippen LogP contribution < -0.4 is 5.32 Å². The van der Waals surface area contributed by atoms with Crippen LogP contribution in [0.1, 0.15) is 65.2 Å². The molecule has 2 nitrogen and oxygen atoms in total. The zero-order chi connectivity index (χ0) is 13.0. The van der Waals surface area contributed by atoms with E-state index in [0.717, 1.165) is 18.8 Å². The Hall–Kier alpha value is -0.790. The zero-order valence-corrected chi connectivity index (χ0v) is 11.9. The summed E-state index contributed by atoms with van der Waals surface area (Å²) in [6.07, 6.45) is 11.5. The van der Waals surface area contributed by atoms with Crippen LogP contribution in [0.4, 0.5) is 0 Å². The van der Waals surface area contributed by atoms with E-state index < -0.39 is 0 Å². The van der Waals surface area contributed by atoms with Gasteiger partial charge in [-0.15, -0.1) is 0 Å². The highest BCUT2D eigenvalue weighted by molar-refractivity contribution is 5.78. The van der Waals surface area contributed by atoms with Gasteiger partial charge < -0.3 is 5.32 Å². The lowest BCUT2D eigenvalue weighted by Crippen LogP contribution is -2.43. The van der Waals surface area contributed by atoms with E-state index in [4.69, 9.17) is 0 Å². The minimum atomic E-state index is 0.245. The molecule has 1 N–H and O–H groups in total. The fourth-order valence-corrected chi connectivity index (χ4v) is 3.31. The lowest BCUT2D eigenvalue weighted by molar-refractivity contribution is -0.121. The number of hydrogen-bond donors (Lipinski definition) is 1. The maximum Gasteiger partial charge on any atom is 0.224 e. The van der Waals surface area contributed by atoms with Gasteiger partial charge in [-0.05, 0) is 43.9 Å². The van der Waals surface area contributed by atoms with Crippen LogP contribution >= 0.6 is 0 Å². The van der Waals surface area contributed by atoms with Crippen molar-refractivity contribution in [2.45, 2.75) is 71.3 Å². The van der Waals surface area contributed by atoms with Crippen LogP contribution in [0.5, 0.6) is 0 Å². The molecule has 0 heterocycles. The Morgan fingerprint density at radius 2 is 2.11 bits per heavy atom. The number of carbonyl (C=O) groups is 1. The zero-order valence-electron chi connectivity index (χ0n) is 11.9. The second kappa shape index (κ2) is 6.40. The summed E-state index contributed by atoms with van der Waals surface area (Å²) in [6.45, 7) is 4.60. The van der Waals surface area contributed by atoms with Crippen LogP contribution in [0.15, 0.2) is 11.6 Å². The summed E-state index contributed by atoms with van der Waals surface area (Å²) >= 11 is 0. The first-order valence-corrected chi connectivity index (χ1v) is 7.64. The molecule has 0 aliphatic heterocycles. The Morgan fingerprint density at radius 1 is 1.28 bits per heavy atom. The molecular formula is C16H27NO. The van der Waals surface area contributed by atoms with Crippen molar-refractivity contribution in [3.05, 3.63) is 11.6 Å². The Labute approximate surface area is 111 Å². The molecule has 2 rings (SSSR count). The van der Waals surface area contributed by atoms with E-state index in [1.165, 1.54) is 37.7 Å². The number of rotatable bonds is 3. The van der Waals surface area contributed by atoms with Gasteiger partial charge in [-0.25, -0.2) is 0 Å². The van der Waals surface area contributed by atoms with Crippen molar-refractivity contribution in [3.63, 3.8) is 0 Å². The Kier molecular flexibility index (Phi) is 4.85. The molecule has 0 radical (unpaired) electrons. The summed E-state index contributed by atoms with van der Waals surface area (Å²) < 4.78 is 0. The summed E-state index contributed by atoms with van der Waals surface area (Å²) in [5, 5.41) is 3.27. The topological polar surface area (TPSA) is 29.1 Å². The monoisotopic (exact) mass is 249 g/mol. The molecule has 2 aliphatic rings. The molecule has 1 saturated carbocycles. The van der Waals surface area contributed by atoms with Gasteiger partial charge in [-0.3, -0.25) is 4.79 Å². The molecule has 18 heavy (non-hydrogen) atoms. The smallest absolute Gasteiger partial charge is 0.224 e. The Balaban J connectivity index is 1.81. The number of allylic oxidation sites excluding steroid dienone is 1. The molecule has 1 fully saturated rings. The number of nitrogens with one attached hydrogen (secondary N) is 1. The summed E-state index contributed by atoms with van der Waals surface area (Å²) in [6, 6.07) is 0.408. The molecule has 0 aromatic carbocycles. The van der Waals surface area contributed by atoms with E-state index in [-0.39, 0.29) is 5.91 Å². The molecule has 0 saturated heterocycles. The third-order valence-electron chi connectivity index (χ3n) is 4.83. The van der Waals surface area contributed by atoms with Crippen LogP contribution in [0.2, 0.25) is 0 Å². The van der Waals surface area contributed by atoms with Crippen molar-refractivity contribution in [2.24, 2.45) is 11.8 Å². The molecule has 0 aromatic heterocycles. The molecule has 2 heteroatoms. The maximum atomic E-state index is 12.1. The van der Waals surface area contributed by atoms with E-state index in [2.05, 4.69) is 25.2 Å². The molecule has 2 aliphatic carbocycles. The summed E-state index contributed by atoms with van der Waals surface area (Å²) in [5.41, 5.74) is 1.36. The first-order chi connectivity index (χ1) is 8.66. The molecule has 3 atom stereocenters. The van der Waals surface area contributed by atoms with Gasteiger partial charge in [-0.2, -0.15) is 0 Å². The van der Waals surface area contributed by atoms with Crippen molar-refractivity contribution in [1.29, 1.82) is 0 Å². The van der Waals surface area contributed by atoms with Crippen LogP contribution in [-0.4, -0.2) is 11.9 Å². The van der Waals surface area contributed by atoms with Crippen LogP contribution in [0.3, 0.4) is 0 Å². The first-order valence-electron chi connectivity index (χ1n) is 7.64. The molecular weight excluding hydrogens is 222 g/mol. The summed E-state index contributed by atoms with van der Waals surface area (Å²) in [7, 11) is 0. The van der Waals surface area contributed by atoms with Gasteiger partial charge in [0, 0.05) is 12.5 Å². The van der Waals surface area contributed by atoms with Gasteiger partial charge in [0.15, 0.2) is 0 Å². The highest BCUT2D eigenvalue weighted by Gasteiger charge is 2.28. The van der Waals surface area contributed by atoms with Crippen molar-refractivity contribution in [2.75, 3.05) is 0 Å². The normalized spacial score (nSPS) is 32.8. The standard InChI is InChI=1S/C16H27NO/c1-12-7-6-10-15(13(12)2)17-16(18)11-14-8-4-3-5-9-14/h8,12-13,15H,3-7,9-11H2,1-2H3,(H,17,18)/t12-,13+,15-/m1/s1. The molecule has 0 bridgehead atoms. The third-order valence-corrected chi connectivity index (χ3v) is 4.83. The number of carbonyl (C=O) groups excluding carboxylic acids is 1. The molecule has 0 spiro atoms. The fourth-order valence-electron chi connectivity index (χ4n) is 3.31. The van der Waals surface area contributed by atoms with Crippen molar-refractivity contribution in [3.8, 4) is 0 Å². The average Bonchev–Trinajstić information content (AvgIpc) is 2.36. The van der Waals surface area contributed by atoms with Gasteiger partial charge in [0.1, 0.15) is 0 Å². The Bertz CT molecular complexity index is 321. The van der Waals surface area contributed by atoms with Crippen molar-refractivity contribution >= 4 is 5.91 Å². The predicted octanol–water partition coefficient (Wildman–Crippen LogP) is 3.82. The van der Waals surface area contributed by atoms with E-state index in [1.807, 2.05) is 0 Å². The predicted molar refractivity (Wildman–Crippen MR) is 75.3 cm³/mol. The quantitative estimate of drug-likeness (QED) is 0.757. The van der Waals surface area contributed by atoms with Gasteiger partial charge in [0.05, 0.1) is 0 Å². The van der Waals surface area contributed by atoms with E-state index in [0.29, 0.717) is 18.4 Å². The SMILES string of the molecule is C[C@H]1[C@H](C)CCC[C@H]1NC(=O)CC1=CCCCC1. The van der Waals surface area contributed by atoms with Crippen LogP contribution in [0.25, 0.3) is 0 Å². The number of amides is 1. The lowest BCUT2D eigenvalue weighted by atomic mass is 9.78. The molecule has 0 aromatic rings. The van der Waals surface area contributed by atoms with Gasteiger partial charge in [0.2, 0.25) is 5.91 Å². The van der Waals surface area contributed by atoms with E-state index in [1.54, 1.807) is 0 Å². The highest BCUT2D eigenvalue weighted by atomic mass is 16.1. The highest BCUT2D eigenvalue weighted by Crippen LogP contribution is 2.29. The van der Waals surface area contributed by atoms with Crippen molar-refractivity contribution in [1.82, 2.24) is 5.32 Å². The van der Waals surface area contributed by atoms with Gasteiger partial charge in [0.25, 0.3) is 0 Å². The lowest BCUT2D eigenvalue weighted by Gasteiger charge is -2.34. The minimum absolute atomic E-state index is 0.245. The second-order valence-electron chi connectivity index (χ2n) is 6.23. The molecule has 0 unspecified atom stereocenters. The first kappa shape index (κ1) is 13.6. The summed E-state index contributed by atoms with van der Waals surface area (Å²) in [4.78, 5) is 12.1. The molecule has 102 valence electrons. The second-order valence-corrected chi connectivity index (χ2v) is 6.23. The summed E-state index contributed by atoms with van der Waals surface area (Å²) in [5.74, 6) is 1.62. The van der Waals surface area contributed by atoms with Crippen LogP contribution in [0, 0.1) is 11.8 Å². The maximum absolute atomic E-state index is 12.1. The largest absolute Gasteiger partial charge is 0.353 e. The Morgan fingerprint density at radius 3 is 2.83 bits per heavy atom. The van der Waals surface area contributed by atoms with Gasteiger partial charge >= 0.3 is 0 Å². The van der Waals surface area contributed by atoms with Crippen LogP contribution in [-0.2, 0) is 4.79 Å². The minimum Gasteiger partial charge on any atom is -0.353 e. The van der Waals surface area contributed by atoms with E-state index in [9.17, 15) is 4.79 Å². The third kappa shape index (κ3) is 3.60. The molecule has 1 amide bonds.